The molecule has 4 nitrogen and oxygen atoms in total. The lowest BCUT2D eigenvalue weighted by Crippen LogP contribution is -2.20. The van der Waals surface area contributed by atoms with Crippen LogP contribution < -0.4 is 0 Å². The van der Waals surface area contributed by atoms with Crippen molar-refractivity contribution in [2.24, 2.45) is 11.3 Å². The lowest BCUT2D eigenvalue weighted by Gasteiger charge is -2.26. The summed E-state index contributed by atoms with van der Waals surface area (Å²) in [4.78, 5) is 22.5. The van der Waals surface area contributed by atoms with E-state index in [1.54, 1.807) is 0 Å². The predicted octanol–water partition coefficient (Wildman–Crippen LogP) is 3.23. The summed E-state index contributed by atoms with van der Waals surface area (Å²) in [6, 6.07) is 2.72. The third-order valence-corrected chi connectivity index (χ3v) is 3.06. The number of carbonyl (C=O) groups excluding carboxylic acids is 1. The van der Waals surface area contributed by atoms with Gasteiger partial charge >= 0.3 is 5.97 Å². The van der Waals surface area contributed by atoms with Crippen LogP contribution in [0.5, 0.6) is 0 Å². The van der Waals surface area contributed by atoms with Gasteiger partial charge in [0, 0.05) is 6.42 Å². The minimum absolute atomic E-state index is 0.0396. The summed E-state index contributed by atoms with van der Waals surface area (Å²) < 4.78 is 4.97. The average Bonchev–Trinajstić information content (AvgIpc) is 2.64. The van der Waals surface area contributed by atoms with E-state index in [-0.39, 0.29) is 28.6 Å². The fourth-order valence-corrected chi connectivity index (χ4v) is 1.29. The Labute approximate surface area is 101 Å². The molecule has 0 aliphatic carbocycles. The smallest absolute Gasteiger partial charge is 0.371 e. The molecular formula is C13H18O4. The quantitative estimate of drug-likeness (QED) is 0.818. The summed E-state index contributed by atoms with van der Waals surface area (Å²) in [6.45, 7) is 8.19. The molecule has 1 rings (SSSR count). The summed E-state index contributed by atoms with van der Waals surface area (Å²) in [7, 11) is 0. The summed E-state index contributed by atoms with van der Waals surface area (Å²) in [6.07, 6.45) is 0.357. The van der Waals surface area contributed by atoms with Crippen LogP contribution in [-0.4, -0.2) is 16.9 Å². The molecule has 1 N–H and O–H groups in total. The van der Waals surface area contributed by atoms with Gasteiger partial charge in [-0.2, -0.15) is 0 Å². The van der Waals surface area contributed by atoms with Crippen LogP contribution in [0.1, 0.15) is 55.2 Å². The van der Waals surface area contributed by atoms with Crippen molar-refractivity contribution in [3.8, 4) is 0 Å². The number of ketones is 1. The number of carbonyl (C=O) groups is 2. The maximum Gasteiger partial charge on any atom is 0.371 e. The number of carboxylic acids is 1. The van der Waals surface area contributed by atoms with Gasteiger partial charge < -0.3 is 9.52 Å². The highest BCUT2D eigenvalue weighted by molar-refractivity contribution is 5.95. The Kier molecular flexibility index (Phi) is 3.76. The standard InChI is InChI=1S/C13H18O4/c1-8(13(2,3)4)7-9(14)10-5-6-11(17-10)12(15)16/h5-6,8H,7H2,1-4H3,(H,15,16). The zero-order chi connectivity index (χ0) is 13.2. The lowest BCUT2D eigenvalue weighted by molar-refractivity contribution is 0.0659. The van der Waals surface area contributed by atoms with E-state index in [2.05, 4.69) is 20.8 Å². The molecule has 0 aliphatic heterocycles. The normalized spacial score (nSPS) is 13.4. The van der Waals surface area contributed by atoms with Crippen molar-refractivity contribution < 1.29 is 19.1 Å². The minimum atomic E-state index is -1.16. The van der Waals surface area contributed by atoms with E-state index in [4.69, 9.17) is 9.52 Å². The zero-order valence-electron chi connectivity index (χ0n) is 10.6. The molecule has 0 amide bonds. The topological polar surface area (TPSA) is 67.5 Å². The minimum Gasteiger partial charge on any atom is -0.475 e. The molecule has 0 saturated carbocycles. The summed E-state index contributed by atoms with van der Waals surface area (Å²) in [5, 5.41) is 8.69. The van der Waals surface area contributed by atoms with Crippen molar-refractivity contribution in [3.63, 3.8) is 0 Å². The fraction of sp³-hybridized carbons (Fsp3) is 0.538. The molecule has 94 valence electrons. The van der Waals surface area contributed by atoms with Gasteiger partial charge in [0.25, 0.3) is 0 Å². The highest BCUT2D eigenvalue weighted by Crippen LogP contribution is 2.29. The van der Waals surface area contributed by atoms with Crippen LogP contribution in [-0.2, 0) is 0 Å². The van der Waals surface area contributed by atoms with Gasteiger partial charge in [0.05, 0.1) is 0 Å². The second-order valence-corrected chi connectivity index (χ2v) is 5.36. The zero-order valence-corrected chi connectivity index (χ0v) is 10.6. The van der Waals surface area contributed by atoms with E-state index in [0.29, 0.717) is 6.42 Å². The highest BCUT2D eigenvalue weighted by atomic mass is 16.4. The van der Waals surface area contributed by atoms with Crippen molar-refractivity contribution in [3.05, 3.63) is 23.7 Å². The summed E-state index contributed by atoms with van der Waals surface area (Å²) >= 11 is 0. The van der Waals surface area contributed by atoms with Crippen LogP contribution in [0.15, 0.2) is 16.5 Å². The molecule has 0 fully saturated rings. The molecule has 0 radical (unpaired) electrons. The maximum absolute atomic E-state index is 11.9. The first kappa shape index (κ1) is 13.5. The Morgan fingerprint density at radius 2 is 1.82 bits per heavy atom. The number of rotatable bonds is 4. The van der Waals surface area contributed by atoms with Gasteiger partial charge in [0.15, 0.2) is 11.5 Å². The molecule has 4 heteroatoms. The van der Waals surface area contributed by atoms with Gasteiger partial charge in [0.1, 0.15) is 0 Å². The molecule has 1 heterocycles. The third kappa shape index (κ3) is 3.44. The maximum atomic E-state index is 11.9. The second kappa shape index (κ2) is 4.73. The Balaban J connectivity index is 2.73. The van der Waals surface area contributed by atoms with Crippen molar-refractivity contribution in [2.45, 2.75) is 34.1 Å². The summed E-state index contributed by atoms with van der Waals surface area (Å²) in [5.74, 6) is -1.18. The van der Waals surface area contributed by atoms with Crippen LogP contribution in [0.25, 0.3) is 0 Å². The van der Waals surface area contributed by atoms with Crippen molar-refractivity contribution in [1.29, 1.82) is 0 Å². The molecule has 1 aromatic heterocycles. The number of hydrogen-bond donors (Lipinski definition) is 1. The molecule has 1 aromatic rings. The van der Waals surface area contributed by atoms with Crippen LogP contribution in [0.2, 0.25) is 0 Å². The van der Waals surface area contributed by atoms with Crippen molar-refractivity contribution in [2.75, 3.05) is 0 Å². The van der Waals surface area contributed by atoms with Gasteiger partial charge in [-0.15, -0.1) is 0 Å². The first-order valence-electron chi connectivity index (χ1n) is 5.58. The van der Waals surface area contributed by atoms with E-state index in [1.165, 1.54) is 12.1 Å². The molecule has 17 heavy (non-hydrogen) atoms. The van der Waals surface area contributed by atoms with Crippen molar-refractivity contribution >= 4 is 11.8 Å². The Morgan fingerprint density at radius 3 is 2.24 bits per heavy atom. The largest absolute Gasteiger partial charge is 0.475 e. The Bertz CT molecular complexity index is 423. The number of aromatic carboxylic acids is 1. The predicted molar refractivity (Wildman–Crippen MR) is 63.2 cm³/mol. The first-order chi connectivity index (χ1) is 7.71. The molecule has 0 spiro atoms. The molecule has 0 aromatic carbocycles. The SMILES string of the molecule is CC(CC(=O)c1ccc(C(=O)O)o1)C(C)(C)C. The van der Waals surface area contributed by atoms with Gasteiger partial charge in [-0.05, 0) is 23.5 Å². The molecular weight excluding hydrogens is 220 g/mol. The van der Waals surface area contributed by atoms with Crippen LogP contribution in [0, 0.1) is 11.3 Å². The molecule has 1 unspecified atom stereocenters. The number of Topliss-reactive ketones (excluding diaryl/α,β-unsaturated/α-hetero) is 1. The molecule has 0 aliphatic rings. The number of hydrogen-bond acceptors (Lipinski definition) is 3. The van der Waals surface area contributed by atoms with Crippen LogP contribution in [0.3, 0.4) is 0 Å². The van der Waals surface area contributed by atoms with Gasteiger partial charge in [-0.1, -0.05) is 27.7 Å². The Morgan fingerprint density at radius 1 is 1.29 bits per heavy atom. The first-order valence-corrected chi connectivity index (χ1v) is 5.58. The van der Waals surface area contributed by atoms with Gasteiger partial charge in [-0.3, -0.25) is 4.79 Å². The molecule has 0 bridgehead atoms. The average molecular weight is 238 g/mol. The lowest BCUT2D eigenvalue weighted by atomic mass is 9.79. The Hall–Kier alpha value is -1.58. The third-order valence-electron chi connectivity index (χ3n) is 3.06. The monoisotopic (exact) mass is 238 g/mol. The van der Waals surface area contributed by atoms with E-state index in [1.807, 2.05) is 6.92 Å². The number of carboxylic acid groups (broad SMARTS) is 1. The second-order valence-electron chi connectivity index (χ2n) is 5.36. The van der Waals surface area contributed by atoms with E-state index in [9.17, 15) is 9.59 Å². The van der Waals surface area contributed by atoms with Gasteiger partial charge in [-0.25, -0.2) is 4.79 Å². The summed E-state index contributed by atoms with van der Waals surface area (Å²) in [5.41, 5.74) is 0.0396. The van der Waals surface area contributed by atoms with Crippen LogP contribution in [0.4, 0.5) is 0 Å². The van der Waals surface area contributed by atoms with E-state index in [0.717, 1.165) is 0 Å². The number of furan rings is 1. The molecule has 1 atom stereocenters. The van der Waals surface area contributed by atoms with Crippen LogP contribution >= 0.6 is 0 Å². The fourth-order valence-electron chi connectivity index (χ4n) is 1.29. The van der Waals surface area contributed by atoms with E-state index >= 15 is 0 Å². The van der Waals surface area contributed by atoms with Gasteiger partial charge in [0.2, 0.25) is 5.76 Å². The van der Waals surface area contributed by atoms with E-state index < -0.39 is 5.97 Å². The molecule has 0 saturated heterocycles. The van der Waals surface area contributed by atoms with Crippen molar-refractivity contribution in [1.82, 2.24) is 0 Å². The highest BCUT2D eigenvalue weighted by Gasteiger charge is 2.24.